The molecule has 1 heterocycles. The number of carbonyl (C=O) groups is 2. The van der Waals surface area contributed by atoms with Crippen LogP contribution in [0.1, 0.15) is 16.1 Å². The van der Waals surface area contributed by atoms with Crippen molar-refractivity contribution in [1.29, 1.82) is 0 Å². The molecule has 126 valence electrons. The third-order valence-corrected chi connectivity index (χ3v) is 3.50. The van der Waals surface area contributed by atoms with Gasteiger partial charge in [-0.15, -0.1) is 0 Å². The average molecular weight is 332 g/mol. The third kappa shape index (κ3) is 4.48. The van der Waals surface area contributed by atoms with E-state index >= 15 is 0 Å². The summed E-state index contributed by atoms with van der Waals surface area (Å²) in [7, 11) is 1.43. The smallest absolute Gasteiger partial charge is 0.271 e. The molecule has 8 heteroatoms. The number of hydrogen-bond acceptors (Lipinski definition) is 4. The number of hydrogen-bond donors (Lipinski definition) is 2. The van der Waals surface area contributed by atoms with Crippen molar-refractivity contribution in [3.05, 3.63) is 63.8 Å². The Labute approximate surface area is 137 Å². The lowest BCUT2D eigenvalue weighted by atomic mass is 9.98. The monoisotopic (exact) mass is 332 g/mol. The summed E-state index contributed by atoms with van der Waals surface area (Å²) < 4.78 is 13.9. The molecule has 1 aromatic carbocycles. The van der Waals surface area contributed by atoms with E-state index in [1.54, 1.807) is 12.1 Å². The Morgan fingerprint density at radius 3 is 2.50 bits per heavy atom. The van der Waals surface area contributed by atoms with Gasteiger partial charge in [0.2, 0.25) is 5.91 Å². The Morgan fingerprint density at radius 2 is 1.92 bits per heavy atom. The highest BCUT2D eigenvalue weighted by atomic mass is 19.1. The molecule has 2 rings (SSSR count). The SMILES string of the molecule is Cn1nc(C(=O)NCC(Cc2ccc(F)cc2)C(N)=O)ccc1=O. The third-order valence-electron chi connectivity index (χ3n) is 3.50. The van der Waals surface area contributed by atoms with Gasteiger partial charge in [0, 0.05) is 19.7 Å². The van der Waals surface area contributed by atoms with Crippen LogP contribution in [0.4, 0.5) is 4.39 Å². The Kier molecular flexibility index (Phi) is 5.41. The Balaban J connectivity index is 2.01. The van der Waals surface area contributed by atoms with Crippen molar-refractivity contribution in [3.63, 3.8) is 0 Å². The van der Waals surface area contributed by atoms with Gasteiger partial charge in [0.1, 0.15) is 11.5 Å². The van der Waals surface area contributed by atoms with Gasteiger partial charge in [-0.1, -0.05) is 12.1 Å². The van der Waals surface area contributed by atoms with Crippen LogP contribution < -0.4 is 16.6 Å². The molecule has 0 saturated heterocycles. The molecule has 0 radical (unpaired) electrons. The zero-order chi connectivity index (χ0) is 17.7. The Morgan fingerprint density at radius 1 is 1.25 bits per heavy atom. The molecular weight excluding hydrogens is 315 g/mol. The van der Waals surface area contributed by atoms with Crippen LogP contribution in [-0.2, 0) is 18.3 Å². The number of nitrogens with zero attached hydrogens (tertiary/aromatic N) is 2. The van der Waals surface area contributed by atoms with Gasteiger partial charge in [-0.05, 0) is 30.2 Å². The van der Waals surface area contributed by atoms with Crippen LogP contribution in [0, 0.1) is 11.7 Å². The van der Waals surface area contributed by atoms with E-state index in [0.717, 1.165) is 10.2 Å². The van der Waals surface area contributed by atoms with Gasteiger partial charge >= 0.3 is 0 Å². The van der Waals surface area contributed by atoms with Crippen LogP contribution in [0.5, 0.6) is 0 Å². The summed E-state index contributed by atoms with van der Waals surface area (Å²) in [6, 6.07) is 8.23. The average Bonchev–Trinajstić information content (AvgIpc) is 2.55. The second-order valence-electron chi connectivity index (χ2n) is 5.32. The number of nitrogens with one attached hydrogen (secondary N) is 1. The summed E-state index contributed by atoms with van der Waals surface area (Å²) in [6.07, 6.45) is 0.274. The molecule has 0 spiro atoms. The molecule has 7 nitrogen and oxygen atoms in total. The van der Waals surface area contributed by atoms with E-state index in [-0.39, 0.29) is 30.0 Å². The van der Waals surface area contributed by atoms with E-state index in [1.807, 2.05) is 0 Å². The fraction of sp³-hybridized carbons (Fsp3) is 0.250. The molecule has 24 heavy (non-hydrogen) atoms. The Hall–Kier alpha value is -3.03. The first-order valence-electron chi connectivity index (χ1n) is 7.23. The van der Waals surface area contributed by atoms with E-state index in [2.05, 4.69) is 10.4 Å². The quantitative estimate of drug-likeness (QED) is 0.776. The first kappa shape index (κ1) is 17.3. The molecule has 3 N–H and O–H groups in total. The largest absolute Gasteiger partial charge is 0.369 e. The van der Waals surface area contributed by atoms with Crippen molar-refractivity contribution in [2.45, 2.75) is 6.42 Å². The number of amides is 2. The molecule has 1 aromatic heterocycles. The van der Waals surface area contributed by atoms with Crippen LogP contribution >= 0.6 is 0 Å². The van der Waals surface area contributed by atoms with Crippen LogP contribution in [0.3, 0.4) is 0 Å². The van der Waals surface area contributed by atoms with E-state index < -0.39 is 17.7 Å². The zero-order valence-electron chi connectivity index (χ0n) is 13.0. The number of aromatic nitrogens is 2. The molecule has 1 unspecified atom stereocenters. The van der Waals surface area contributed by atoms with Gasteiger partial charge in [-0.3, -0.25) is 14.4 Å². The highest BCUT2D eigenvalue weighted by molar-refractivity contribution is 5.92. The molecule has 0 aliphatic carbocycles. The molecule has 0 fully saturated rings. The van der Waals surface area contributed by atoms with Crippen LogP contribution in [0.25, 0.3) is 0 Å². The van der Waals surface area contributed by atoms with Crippen molar-refractivity contribution in [3.8, 4) is 0 Å². The van der Waals surface area contributed by atoms with Crippen molar-refractivity contribution in [1.82, 2.24) is 15.1 Å². The molecule has 0 saturated carbocycles. The maximum absolute atomic E-state index is 12.9. The van der Waals surface area contributed by atoms with Crippen LogP contribution in [0.15, 0.2) is 41.2 Å². The second-order valence-corrected chi connectivity index (χ2v) is 5.32. The van der Waals surface area contributed by atoms with Crippen molar-refractivity contribution >= 4 is 11.8 Å². The van der Waals surface area contributed by atoms with Crippen molar-refractivity contribution in [2.24, 2.45) is 18.7 Å². The number of primary amides is 1. The lowest BCUT2D eigenvalue weighted by molar-refractivity contribution is -0.121. The molecule has 0 aliphatic heterocycles. The standard InChI is InChI=1S/C16H17FN4O3/c1-21-14(22)7-6-13(20-21)16(24)19-9-11(15(18)23)8-10-2-4-12(17)5-3-10/h2-7,11H,8-9H2,1H3,(H2,18,23)(H,19,24). The predicted molar refractivity (Wildman–Crippen MR) is 84.6 cm³/mol. The summed E-state index contributed by atoms with van der Waals surface area (Å²) in [4.78, 5) is 34.9. The fourth-order valence-electron chi connectivity index (χ4n) is 2.11. The summed E-state index contributed by atoms with van der Waals surface area (Å²) in [5.74, 6) is -2.11. The molecular formula is C16H17FN4O3. The first-order valence-corrected chi connectivity index (χ1v) is 7.23. The lowest BCUT2D eigenvalue weighted by Gasteiger charge is -2.14. The van der Waals surface area contributed by atoms with Gasteiger partial charge in [0.05, 0.1) is 5.92 Å². The van der Waals surface area contributed by atoms with Gasteiger partial charge in [0.25, 0.3) is 11.5 Å². The minimum atomic E-state index is -0.646. The number of carbonyl (C=O) groups excluding carboxylic acids is 2. The second kappa shape index (κ2) is 7.49. The van der Waals surface area contributed by atoms with E-state index in [1.165, 1.54) is 31.3 Å². The van der Waals surface area contributed by atoms with Gasteiger partial charge in [-0.2, -0.15) is 5.10 Å². The van der Waals surface area contributed by atoms with Crippen LogP contribution in [-0.4, -0.2) is 28.1 Å². The highest BCUT2D eigenvalue weighted by Gasteiger charge is 2.18. The zero-order valence-corrected chi connectivity index (χ0v) is 13.0. The number of rotatable bonds is 6. The van der Waals surface area contributed by atoms with E-state index in [0.29, 0.717) is 0 Å². The molecule has 0 aliphatic rings. The number of benzene rings is 1. The molecule has 1 atom stereocenters. The van der Waals surface area contributed by atoms with Gasteiger partial charge in [-0.25, -0.2) is 9.07 Å². The van der Waals surface area contributed by atoms with E-state index in [9.17, 15) is 18.8 Å². The minimum absolute atomic E-state index is 0.00998. The first-order chi connectivity index (χ1) is 11.4. The molecule has 0 bridgehead atoms. The van der Waals surface area contributed by atoms with E-state index in [4.69, 9.17) is 5.73 Å². The van der Waals surface area contributed by atoms with Gasteiger partial charge < -0.3 is 11.1 Å². The summed E-state index contributed by atoms with van der Waals surface area (Å²) in [6.45, 7) is 0.00998. The summed E-state index contributed by atoms with van der Waals surface area (Å²) in [5.41, 5.74) is 5.81. The topological polar surface area (TPSA) is 107 Å². The number of nitrogens with two attached hydrogens (primary N) is 1. The fourth-order valence-corrected chi connectivity index (χ4v) is 2.11. The summed E-state index contributed by atoms with van der Waals surface area (Å²) in [5, 5.41) is 6.39. The number of halogens is 1. The normalized spacial score (nSPS) is 11.8. The lowest BCUT2D eigenvalue weighted by Crippen LogP contribution is -2.38. The molecule has 2 amide bonds. The highest BCUT2D eigenvalue weighted by Crippen LogP contribution is 2.09. The maximum Gasteiger partial charge on any atom is 0.271 e. The Bertz CT molecular complexity index is 802. The summed E-state index contributed by atoms with van der Waals surface area (Å²) >= 11 is 0. The van der Waals surface area contributed by atoms with Crippen LogP contribution in [0.2, 0.25) is 0 Å². The van der Waals surface area contributed by atoms with Crippen molar-refractivity contribution < 1.29 is 14.0 Å². The minimum Gasteiger partial charge on any atom is -0.369 e. The predicted octanol–water partition coefficient (Wildman–Crippen LogP) is -0.00660. The molecule has 2 aromatic rings. The number of aryl methyl sites for hydroxylation is 1. The van der Waals surface area contributed by atoms with Gasteiger partial charge in [0.15, 0.2) is 0 Å². The van der Waals surface area contributed by atoms with Crippen molar-refractivity contribution in [2.75, 3.05) is 6.54 Å². The maximum atomic E-state index is 12.9.